The molecule has 1 aromatic rings. The molecule has 1 fully saturated rings. The zero-order valence-corrected chi connectivity index (χ0v) is 11.6. The van der Waals surface area contributed by atoms with Crippen LogP contribution in [0.1, 0.15) is 12.0 Å². The first kappa shape index (κ1) is 14.2. The van der Waals surface area contributed by atoms with Gasteiger partial charge in [-0.1, -0.05) is 36.1 Å². The molecule has 1 saturated heterocycles. The summed E-state index contributed by atoms with van der Waals surface area (Å²) in [5.74, 6) is -0.530. The lowest BCUT2D eigenvalue weighted by Crippen LogP contribution is -2.29. The fourth-order valence-corrected chi connectivity index (χ4v) is 2.98. The second kappa shape index (κ2) is 6.27. The lowest BCUT2D eigenvalue weighted by Gasteiger charge is -2.12. The molecule has 0 saturated carbocycles. The van der Waals surface area contributed by atoms with Crippen LogP contribution in [0.3, 0.4) is 0 Å². The van der Waals surface area contributed by atoms with E-state index >= 15 is 0 Å². The van der Waals surface area contributed by atoms with Gasteiger partial charge in [0.2, 0.25) is 0 Å². The molecular formula is C13H12FNO2S2. The van der Waals surface area contributed by atoms with Gasteiger partial charge < -0.3 is 5.11 Å². The maximum absolute atomic E-state index is 13.1. The number of amides is 1. The third-order valence-electron chi connectivity index (χ3n) is 2.56. The van der Waals surface area contributed by atoms with Crippen LogP contribution in [0.25, 0.3) is 6.08 Å². The molecule has 3 nitrogen and oxygen atoms in total. The molecule has 6 heteroatoms. The van der Waals surface area contributed by atoms with E-state index in [1.54, 1.807) is 18.2 Å². The Morgan fingerprint density at radius 2 is 2.26 bits per heavy atom. The van der Waals surface area contributed by atoms with Crippen molar-refractivity contribution in [1.82, 2.24) is 4.90 Å². The van der Waals surface area contributed by atoms with Crippen LogP contribution in [-0.2, 0) is 4.79 Å². The van der Waals surface area contributed by atoms with Gasteiger partial charge in [0.15, 0.2) is 0 Å². The lowest BCUT2D eigenvalue weighted by molar-refractivity contribution is -0.122. The minimum atomic E-state index is -0.343. The van der Waals surface area contributed by atoms with Crippen LogP contribution in [0, 0.1) is 5.82 Å². The standard InChI is InChI=1S/C13H12FNO2S2/c14-10-4-1-3-9(7-10)8-11-12(17)15(5-2-6-16)13(18)19-11/h1,3-4,7-8,16H,2,5-6H2/b11-8-. The summed E-state index contributed by atoms with van der Waals surface area (Å²) in [5, 5.41) is 8.79. The van der Waals surface area contributed by atoms with Crippen LogP contribution in [-0.4, -0.2) is 33.4 Å². The van der Waals surface area contributed by atoms with Crippen molar-refractivity contribution >= 4 is 40.3 Å². The second-order valence-electron chi connectivity index (χ2n) is 3.97. The number of carbonyl (C=O) groups excluding carboxylic acids is 1. The highest BCUT2D eigenvalue weighted by Crippen LogP contribution is 2.32. The fraction of sp³-hybridized carbons (Fsp3) is 0.231. The Hall–Kier alpha value is -1.24. The van der Waals surface area contributed by atoms with Crippen LogP contribution in [0.5, 0.6) is 0 Å². The van der Waals surface area contributed by atoms with Crippen molar-refractivity contribution in [2.75, 3.05) is 13.2 Å². The number of hydrogen-bond donors (Lipinski definition) is 1. The van der Waals surface area contributed by atoms with Crippen LogP contribution in [0.4, 0.5) is 4.39 Å². The number of nitrogens with zero attached hydrogens (tertiary/aromatic N) is 1. The molecule has 0 aliphatic carbocycles. The molecule has 100 valence electrons. The van der Waals surface area contributed by atoms with Crippen molar-refractivity contribution in [3.05, 3.63) is 40.6 Å². The number of hydrogen-bond acceptors (Lipinski definition) is 4. The van der Waals surface area contributed by atoms with Crippen molar-refractivity contribution < 1.29 is 14.3 Å². The molecule has 1 N–H and O–H groups in total. The first-order valence-electron chi connectivity index (χ1n) is 5.73. The molecular weight excluding hydrogens is 285 g/mol. The molecule has 0 bridgehead atoms. The van der Waals surface area contributed by atoms with Gasteiger partial charge in [-0.3, -0.25) is 9.69 Å². The first-order chi connectivity index (χ1) is 9.11. The van der Waals surface area contributed by atoms with Gasteiger partial charge >= 0.3 is 0 Å². The van der Waals surface area contributed by atoms with Gasteiger partial charge in [0.25, 0.3) is 5.91 Å². The minimum Gasteiger partial charge on any atom is -0.396 e. The molecule has 1 aliphatic heterocycles. The molecule has 0 radical (unpaired) electrons. The number of halogens is 1. The van der Waals surface area contributed by atoms with Crippen molar-refractivity contribution in [1.29, 1.82) is 0 Å². The summed E-state index contributed by atoms with van der Waals surface area (Å²) >= 11 is 6.32. The Labute approximate surface area is 120 Å². The monoisotopic (exact) mass is 297 g/mol. The highest BCUT2D eigenvalue weighted by molar-refractivity contribution is 8.26. The topological polar surface area (TPSA) is 40.5 Å². The predicted molar refractivity (Wildman–Crippen MR) is 78.0 cm³/mol. The normalized spacial score (nSPS) is 17.6. The van der Waals surface area contributed by atoms with E-state index in [-0.39, 0.29) is 18.3 Å². The summed E-state index contributed by atoms with van der Waals surface area (Å²) in [5.41, 5.74) is 0.627. The van der Waals surface area contributed by atoms with Crippen LogP contribution >= 0.6 is 24.0 Å². The molecule has 1 aromatic carbocycles. The summed E-state index contributed by atoms with van der Waals surface area (Å²) in [6.07, 6.45) is 2.11. The summed E-state index contributed by atoms with van der Waals surface area (Å²) in [6.45, 7) is 0.418. The Bertz CT molecular complexity index is 545. The highest BCUT2D eigenvalue weighted by Gasteiger charge is 2.31. The Morgan fingerprint density at radius 3 is 2.95 bits per heavy atom. The van der Waals surface area contributed by atoms with E-state index in [2.05, 4.69) is 0 Å². The van der Waals surface area contributed by atoms with Crippen molar-refractivity contribution in [3.63, 3.8) is 0 Å². The number of aliphatic hydroxyl groups is 1. The number of thiocarbonyl (C=S) groups is 1. The van der Waals surface area contributed by atoms with Crippen LogP contribution in [0.2, 0.25) is 0 Å². The molecule has 1 amide bonds. The van der Waals surface area contributed by atoms with Gasteiger partial charge in [-0.2, -0.15) is 0 Å². The first-order valence-corrected chi connectivity index (χ1v) is 6.96. The Kier molecular flexibility index (Phi) is 4.68. The number of thioether (sulfide) groups is 1. The van der Waals surface area contributed by atoms with E-state index in [4.69, 9.17) is 17.3 Å². The maximum atomic E-state index is 13.1. The molecule has 1 heterocycles. The molecule has 19 heavy (non-hydrogen) atoms. The molecule has 0 aromatic heterocycles. The molecule has 0 atom stereocenters. The van der Waals surface area contributed by atoms with Gasteiger partial charge in [-0.05, 0) is 30.2 Å². The van der Waals surface area contributed by atoms with E-state index in [0.29, 0.717) is 27.8 Å². The minimum absolute atomic E-state index is 0.0139. The smallest absolute Gasteiger partial charge is 0.266 e. The van der Waals surface area contributed by atoms with E-state index < -0.39 is 0 Å². The number of benzene rings is 1. The zero-order chi connectivity index (χ0) is 13.8. The fourth-order valence-electron chi connectivity index (χ4n) is 1.67. The SMILES string of the molecule is O=C1/C(=C/c2cccc(F)c2)SC(=S)N1CCCO. The summed E-state index contributed by atoms with van der Waals surface area (Å²) < 4.78 is 13.5. The van der Waals surface area contributed by atoms with E-state index in [0.717, 1.165) is 0 Å². The Morgan fingerprint density at radius 1 is 1.47 bits per heavy atom. The third kappa shape index (κ3) is 3.40. The molecule has 2 rings (SSSR count). The summed E-state index contributed by atoms with van der Waals surface area (Å²) in [6, 6.07) is 6.03. The average molecular weight is 297 g/mol. The zero-order valence-electron chi connectivity index (χ0n) is 10.0. The van der Waals surface area contributed by atoms with Crippen LogP contribution in [0.15, 0.2) is 29.2 Å². The van der Waals surface area contributed by atoms with Gasteiger partial charge in [-0.25, -0.2) is 4.39 Å². The number of rotatable bonds is 4. The van der Waals surface area contributed by atoms with E-state index in [9.17, 15) is 9.18 Å². The second-order valence-corrected chi connectivity index (χ2v) is 5.64. The van der Waals surface area contributed by atoms with Crippen LogP contribution < -0.4 is 0 Å². The quantitative estimate of drug-likeness (QED) is 0.684. The lowest BCUT2D eigenvalue weighted by atomic mass is 10.2. The number of aliphatic hydroxyl groups excluding tert-OH is 1. The largest absolute Gasteiger partial charge is 0.396 e. The van der Waals surface area contributed by atoms with Crippen molar-refractivity contribution in [2.24, 2.45) is 0 Å². The molecule has 0 unspecified atom stereocenters. The average Bonchev–Trinajstić information content (AvgIpc) is 2.62. The van der Waals surface area contributed by atoms with E-state index in [1.165, 1.54) is 28.8 Å². The maximum Gasteiger partial charge on any atom is 0.266 e. The van der Waals surface area contributed by atoms with Crippen molar-refractivity contribution in [2.45, 2.75) is 6.42 Å². The molecule has 0 spiro atoms. The van der Waals surface area contributed by atoms with Gasteiger partial charge in [0.1, 0.15) is 10.1 Å². The van der Waals surface area contributed by atoms with E-state index in [1.807, 2.05) is 0 Å². The Balaban J connectivity index is 2.18. The summed E-state index contributed by atoms with van der Waals surface area (Å²) in [7, 11) is 0. The van der Waals surface area contributed by atoms with Gasteiger partial charge in [0, 0.05) is 13.2 Å². The van der Waals surface area contributed by atoms with Gasteiger partial charge in [0.05, 0.1) is 4.91 Å². The van der Waals surface area contributed by atoms with Crippen molar-refractivity contribution in [3.8, 4) is 0 Å². The van der Waals surface area contributed by atoms with Gasteiger partial charge in [-0.15, -0.1) is 0 Å². The summed E-state index contributed by atoms with van der Waals surface area (Å²) in [4.78, 5) is 14.0. The number of carbonyl (C=O) groups is 1. The highest BCUT2D eigenvalue weighted by atomic mass is 32.2. The predicted octanol–water partition coefficient (Wildman–Crippen LogP) is 2.41. The molecule has 1 aliphatic rings. The third-order valence-corrected chi connectivity index (χ3v) is 3.94.